The lowest BCUT2D eigenvalue weighted by Gasteiger charge is -2.13. The molecule has 2 amide bonds. The molecule has 0 aliphatic carbocycles. The van der Waals surface area contributed by atoms with Crippen LogP contribution in [0, 0.1) is 5.82 Å². The molecule has 4 rings (SSSR count). The lowest BCUT2D eigenvalue weighted by molar-refractivity contribution is -0.138. The highest BCUT2D eigenvalue weighted by Crippen LogP contribution is 2.32. The molecule has 0 atom stereocenters. The maximum atomic E-state index is 13.3. The Morgan fingerprint density at radius 3 is 2.32 bits per heavy atom. The number of alkyl halides is 3. The van der Waals surface area contributed by atoms with Gasteiger partial charge in [0.25, 0.3) is 5.91 Å². The molecule has 0 saturated heterocycles. The molecule has 1 aromatic heterocycles. The van der Waals surface area contributed by atoms with Crippen LogP contribution in [-0.2, 0) is 17.5 Å². The molecule has 7 nitrogen and oxygen atoms in total. The Morgan fingerprint density at radius 1 is 0.947 bits per heavy atom. The maximum absolute atomic E-state index is 13.3. The average molecular weight is 608 g/mol. The minimum Gasteiger partial charge on any atom is -0.345 e. The van der Waals surface area contributed by atoms with Crippen molar-refractivity contribution in [3.05, 3.63) is 100 Å². The quantitative estimate of drug-likeness (QED) is 0.194. The van der Waals surface area contributed by atoms with Gasteiger partial charge >= 0.3 is 6.18 Å². The summed E-state index contributed by atoms with van der Waals surface area (Å²) in [4.78, 5) is 25.1. The summed E-state index contributed by atoms with van der Waals surface area (Å²) >= 11 is 4.42. The van der Waals surface area contributed by atoms with E-state index in [1.54, 1.807) is 28.8 Å². The fourth-order valence-electron chi connectivity index (χ4n) is 3.40. The number of benzene rings is 3. The van der Waals surface area contributed by atoms with E-state index >= 15 is 0 Å². The predicted molar refractivity (Wildman–Crippen MR) is 137 cm³/mol. The topological polar surface area (TPSA) is 88.9 Å². The highest BCUT2D eigenvalue weighted by Gasteiger charge is 2.34. The molecule has 196 valence electrons. The number of thioether (sulfide) groups is 1. The molecule has 3 aromatic carbocycles. The zero-order valence-corrected chi connectivity index (χ0v) is 21.7. The van der Waals surface area contributed by atoms with Crippen LogP contribution in [-0.4, -0.2) is 32.3 Å². The van der Waals surface area contributed by atoms with Crippen molar-refractivity contribution in [2.75, 3.05) is 11.1 Å². The Bertz CT molecular complexity index is 1440. The SMILES string of the molecule is O=C(CSc1nnc(CNC(=O)c2ccccc2C(F)(F)F)n1-c1ccc(Br)cc1)Nc1ccc(F)cc1. The molecule has 1 heterocycles. The number of amides is 2. The van der Waals surface area contributed by atoms with Gasteiger partial charge in [0, 0.05) is 15.8 Å². The minimum atomic E-state index is -4.69. The van der Waals surface area contributed by atoms with Gasteiger partial charge in [0.2, 0.25) is 5.91 Å². The minimum absolute atomic E-state index is 0.0582. The van der Waals surface area contributed by atoms with Crippen LogP contribution in [0.4, 0.5) is 23.2 Å². The molecule has 0 unspecified atom stereocenters. The van der Waals surface area contributed by atoms with Crippen LogP contribution in [0.15, 0.2) is 82.4 Å². The number of carbonyl (C=O) groups excluding carboxylic acids is 2. The van der Waals surface area contributed by atoms with E-state index in [0.717, 1.165) is 28.4 Å². The zero-order valence-electron chi connectivity index (χ0n) is 19.3. The van der Waals surface area contributed by atoms with E-state index in [9.17, 15) is 27.2 Å². The monoisotopic (exact) mass is 607 g/mol. The lowest BCUT2D eigenvalue weighted by atomic mass is 10.1. The third-order valence-electron chi connectivity index (χ3n) is 5.13. The fraction of sp³-hybridized carbons (Fsp3) is 0.120. The van der Waals surface area contributed by atoms with Crippen molar-refractivity contribution in [3.63, 3.8) is 0 Å². The number of rotatable bonds is 8. The second-order valence-corrected chi connectivity index (χ2v) is 9.64. The molecule has 13 heteroatoms. The van der Waals surface area contributed by atoms with Crippen molar-refractivity contribution in [1.82, 2.24) is 20.1 Å². The second kappa shape index (κ2) is 11.8. The Labute approximate surface area is 226 Å². The summed E-state index contributed by atoms with van der Waals surface area (Å²) in [6.45, 7) is -0.226. The molecule has 0 spiro atoms. The van der Waals surface area contributed by atoms with Crippen molar-refractivity contribution in [1.29, 1.82) is 0 Å². The van der Waals surface area contributed by atoms with Crippen LogP contribution in [0.1, 0.15) is 21.7 Å². The smallest absolute Gasteiger partial charge is 0.345 e. The Kier molecular flexibility index (Phi) is 8.47. The van der Waals surface area contributed by atoms with Gasteiger partial charge in [-0.25, -0.2) is 4.39 Å². The third-order valence-corrected chi connectivity index (χ3v) is 6.59. The number of halogens is 5. The number of anilines is 1. The van der Waals surface area contributed by atoms with Crippen molar-refractivity contribution >= 4 is 45.2 Å². The Balaban J connectivity index is 1.52. The van der Waals surface area contributed by atoms with Gasteiger partial charge < -0.3 is 10.6 Å². The van der Waals surface area contributed by atoms with Crippen LogP contribution in [0.25, 0.3) is 5.69 Å². The molecule has 0 aliphatic rings. The second-order valence-electron chi connectivity index (χ2n) is 7.78. The number of aromatic nitrogens is 3. The van der Waals surface area contributed by atoms with E-state index in [2.05, 4.69) is 36.8 Å². The third kappa shape index (κ3) is 6.78. The average Bonchev–Trinajstić information content (AvgIpc) is 3.30. The molecule has 2 N–H and O–H groups in total. The summed E-state index contributed by atoms with van der Waals surface area (Å²) in [5.74, 6) is -1.54. The summed E-state index contributed by atoms with van der Waals surface area (Å²) in [6, 6.07) is 16.8. The summed E-state index contributed by atoms with van der Waals surface area (Å²) in [5, 5.41) is 13.7. The highest BCUT2D eigenvalue weighted by molar-refractivity contribution is 9.10. The lowest BCUT2D eigenvalue weighted by Crippen LogP contribution is -2.27. The molecule has 0 saturated carbocycles. The summed E-state index contributed by atoms with van der Waals surface area (Å²) in [5.41, 5.74) is -0.523. The Hall–Kier alpha value is -3.71. The molecule has 0 radical (unpaired) electrons. The van der Waals surface area contributed by atoms with Gasteiger partial charge in [0.1, 0.15) is 5.82 Å². The highest BCUT2D eigenvalue weighted by atomic mass is 79.9. The van der Waals surface area contributed by atoms with Crippen LogP contribution >= 0.6 is 27.7 Å². The normalized spacial score (nSPS) is 11.3. The van der Waals surface area contributed by atoms with E-state index in [0.29, 0.717) is 16.5 Å². The van der Waals surface area contributed by atoms with Gasteiger partial charge in [-0.2, -0.15) is 13.2 Å². The fourth-order valence-corrected chi connectivity index (χ4v) is 4.44. The molecular formula is C25H18BrF4N5O2S. The predicted octanol–water partition coefficient (Wildman–Crippen LogP) is 5.85. The van der Waals surface area contributed by atoms with E-state index in [1.165, 1.54) is 36.4 Å². The molecule has 0 bridgehead atoms. The van der Waals surface area contributed by atoms with Gasteiger partial charge in [-0.05, 0) is 60.7 Å². The molecule has 38 heavy (non-hydrogen) atoms. The first-order valence-electron chi connectivity index (χ1n) is 10.9. The number of nitrogens with one attached hydrogen (secondary N) is 2. The van der Waals surface area contributed by atoms with Crippen LogP contribution < -0.4 is 10.6 Å². The maximum Gasteiger partial charge on any atom is 0.417 e. The van der Waals surface area contributed by atoms with E-state index in [1.807, 2.05) is 0 Å². The largest absolute Gasteiger partial charge is 0.417 e. The van der Waals surface area contributed by atoms with Gasteiger partial charge in [-0.15, -0.1) is 10.2 Å². The molecule has 0 aliphatic heterocycles. The van der Waals surface area contributed by atoms with Crippen molar-refractivity contribution in [3.8, 4) is 5.69 Å². The molecular weight excluding hydrogens is 590 g/mol. The van der Waals surface area contributed by atoms with Crippen molar-refractivity contribution < 1.29 is 27.2 Å². The van der Waals surface area contributed by atoms with E-state index in [-0.39, 0.29) is 24.0 Å². The van der Waals surface area contributed by atoms with Gasteiger partial charge in [-0.3, -0.25) is 14.2 Å². The summed E-state index contributed by atoms with van der Waals surface area (Å²) in [7, 11) is 0. The van der Waals surface area contributed by atoms with Crippen LogP contribution in [0.5, 0.6) is 0 Å². The van der Waals surface area contributed by atoms with Gasteiger partial charge in [0.15, 0.2) is 11.0 Å². The van der Waals surface area contributed by atoms with Gasteiger partial charge in [0.05, 0.1) is 23.4 Å². The zero-order chi connectivity index (χ0) is 27.3. The number of carbonyl (C=O) groups is 2. The molecule has 4 aromatic rings. The summed E-state index contributed by atoms with van der Waals surface area (Å²) in [6.07, 6.45) is -4.69. The van der Waals surface area contributed by atoms with Gasteiger partial charge in [-0.1, -0.05) is 39.8 Å². The molecule has 0 fully saturated rings. The standard InChI is InChI=1S/C25H18BrF4N5O2S/c26-15-5-11-18(12-6-15)35-21(13-31-23(37)19-3-1-2-4-20(19)25(28,29)30)33-34-24(35)38-14-22(36)32-17-9-7-16(27)8-10-17/h1-12H,13-14H2,(H,31,37)(H,32,36). The first-order valence-corrected chi connectivity index (χ1v) is 12.7. The summed E-state index contributed by atoms with van der Waals surface area (Å²) < 4.78 is 55.5. The van der Waals surface area contributed by atoms with Crippen molar-refractivity contribution in [2.45, 2.75) is 17.9 Å². The number of nitrogens with zero attached hydrogens (tertiary/aromatic N) is 3. The first kappa shape index (κ1) is 27.3. The Morgan fingerprint density at radius 2 is 1.63 bits per heavy atom. The van der Waals surface area contributed by atoms with E-state index < -0.39 is 29.0 Å². The first-order chi connectivity index (χ1) is 18.1. The van der Waals surface area contributed by atoms with E-state index in [4.69, 9.17) is 0 Å². The van der Waals surface area contributed by atoms with Crippen molar-refractivity contribution in [2.24, 2.45) is 0 Å². The van der Waals surface area contributed by atoms with Crippen LogP contribution in [0.2, 0.25) is 0 Å². The van der Waals surface area contributed by atoms with Crippen LogP contribution in [0.3, 0.4) is 0 Å². The number of hydrogen-bond donors (Lipinski definition) is 2. The number of hydrogen-bond acceptors (Lipinski definition) is 5.